The molecule has 2 aromatic rings. The third-order valence-corrected chi connectivity index (χ3v) is 6.08. The Hall–Kier alpha value is -1.72. The van der Waals surface area contributed by atoms with Crippen LogP contribution >= 0.6 is 11.3 Å². The lowest BCUT2D eigenvalue weighted by Crippen LogP contribution is -2.51. The molecule has 5 heteroatoms. The molecule has 2 aliphatic rings. The average Bonchev–Trinajstić information content (AvgIpc) is 3.34. The van der Waals surface area contributed by atoms with E-state index in [0.717, 1.165) is 42.8 Å². The molecule has 4 nitrogen and oxygen atoms in total. The molecule has 1 aromatic carbocycles. The van der Waals surface area contributed by atoms with Gasteiger partial charge in [-0.25, -0.2) is 4.98 Å². The van der Waals surface area contributed by atoms with Crippen molar-refractivity contribution in [2.75, 3.05) is 26.2 Å². The van der Waals surface area contributed by atoms with Gasteiger partial charge in [-0.05, 0) is 12.8 Å². The van der Waals surface area contributed by atoms with Gasteiger partial charge in [0.05, 0.1) is 0 Å². The fourth-order valence-electron chi connectivity index (χ4n) is 3.81. The Labute approximate surface area is 147 Å². The van der Waals surface area contributed by atoms with Crippen LogP contribution in [-0.2, 0) is 0 Å². The fraction of sp³-hybridized carbons (Fsp3) is 0.474. The van der Waals surface area contributed by atoms with E-state index >= 15 is 0 Å². The average molecular weight is 341 g/mol. The molecule has 2 fully saturated rings. The number of carbonyl (C=O) groups excluding carboxylic acids is 1. The maximum Gasteiger partial charge on any atom is 0.273 e. The summed E-state index contributed by atoms with van der Waals surface area (Å²) in [5.74, 6) is 0.0829. The van der Waals surface area contributed by atoms with Gasteiger partial charge in [0.1, 0.15) is 10.7 Å². The van der Waals surface area contributed by atoms with Crippen molar-refractivity contribution in [3.63, 3.8) is 0 Å². The quantitative estimate of drug-likeness (QED) is 0.857. The first-order valence-corrected chi connectivity index (χ1v) is 9.73. The molecule has 2 heterocycles. The maximum atomic E-state index is 12.7. The highest BCUT2D eigenvalue weighted by Gasteiger charge is 2.28. The molecular weight excluding hydrogens is 318 g/mol. The van der Waals surface area contributed by atoms with E-state index in [2.05, 4.69) is 9.88 Å². The monoisotopic (exact) mass is 341 g/mol. The lowest BCUT2D eigenvalue weighted by atomic mass is 10.2. The first-order valence-electron chi connectivity index (χ1n) is 8.85. The van der Waals surface area contributed by atoms with Crippen molar-refractivity contribution in [3.8, 4) is 10.6 Å². The fourth-order valence-corrected chi connectivity index (χ4v) is 4.61. The molecule has 0 N–H and O–H groups in total. The zero-order valence-electron chi connectivity index (χ0n) is 13.9. The van der Waals surface area contributed by atoms with Crippen molar-refractivity contribution >= 4 is 17.2 Å². The summed E-state index contributed by atoms with van der Waals surface area (Å²) in [6, 6.07) is 10.8. The lowest BCUT2D eigenvalue weighted by Gasteiger charge is -2.37. The van der Waals surface area contributed by atoms with Crippen LogP contribution < -0.4 is 0 Å². The number of benzene rings is 1. The standard InChI is InChI=1S/C19H23N3OS/c23-19(17-14-24-18(20-17)15-6-2-1-3-7-15)22-12-10-21(11-13-22)16-8-4-5-9-16/h1-3,6-7,14,16H,4-5,8-13H2. The number of carbonyl (C=O) groups is 1. The summed E-state index contributed by atoms with van der Waals surface area (Å²) in [7, 11) is 0. The first-order chi connectivity index (χ1) is 11.8. The van der Waals surface area contributed by atoms with Crippen LogP contribution in [0.5, 0.6) is 0 Å². The Morgan fingerprint density at radius 2 is 1.75 bits per heavy atom. The number of amides is 1. The predicted octanol–water partition coefficient (Wildman–Crippen LogP) is 3.51. The summed E-state index contributed by atoms with van der Waals surface area (Å²) in [6.45, 7) is 3.67. The van der Waals surface area contributed by atoms with Crippen molar-refractivity contribution < 1.29 is 4.79 Å². The van der Waals surface area contributed by atoms with Crippen molar-refractivity contribution in [3.05, 3.63) is 41.4 Å². The van der Waals surface area contributed by atoms with Crippen LogP contribution in [0.3, 0.4) is 0 Å². The first kappa shape index (κ1) is 15.8. The molecule has 126 valence electrons. The second-order valence-corrected chi connectivity index (χ2v) is 7.53. The maximum absolute atomic E-state index is 12.7. The molecule has 0 unspecified atom stereocenters. The zero-order chi connectivity index (χ0) is 16.4. The number of aromatic nitrogens is 1. The highest BCUT2D eigenvalue weighted by atomic mass is 32.1. The molecule has 0 spiro atoms. The van der Waals surface area contributed by atoms with Crippen molar-refractivity contribution in [2.24, 2.45) is 0 Å². The Kier molecular flexibility index (Phi) is 4.63. The van der Waals surface area contributed by atoms with Gasteiger partial charge in [0.25, 0.3) is 5.91 Å². The van der Waals surface area contributed by atoms with Crippen LogP contribution in [0.15, 0.2) is 35.7 Å². The molecule has 1 saturated heterocycles. The zero-order valence-corrected chi connectivity index (χ0v) is 14.7. The molecule has 0 bridgehead atoms. The third kappa shape index (κ3) is 3.23. The summed E-state index contributed by atoms with van der Waals surface area (Å²) in [4.78, 5) is 21.8. The van der Waals surface area contributed by atoms with Crippen LogP contribution in [-0.4, -0.2) is 52.9 Å². The minimum atomic E-state index is 0.0829. The summed E-state index contributed by atoms with van der Waals surface area (Å²) < 4.78 is 0. The molecule has 1 saturated carbocycles. The molecule has 1 aliphatic heterocycles. The van der Waals surface area contributed by atoms with Crippen LogP contribution in [0.4, 0.5) is 0 Å². The molecule has 0 radical (unpaired) electrons. The van der Waals surface area contributed by atoms with E-state index in [9.17, 15) is 4.79 Å². The Bertz CT molecular complexity index is 686. The Morgan fingerprint density at radius 1 is 1.04 bits per heavy atom. The second kappa shape index (κ2) is 7.03. The van der Waals surface area contributed by atoms with Gasteiger partial charge >= 0.3 is 0 Å². The number of hydrogen-bond acceptors (Lipinski definition) is 4. The smallest absolute Gasteiger partial charge is 0.273 e. The van der Waals surface area contributed by atoms with Crippen molar-refractivity contribution in [1.29, 1.82) is 0 Å². The predicted molar refractivity (Wildman–Crippen MR) is 97.3 cm³/mol. The molecule has 0 atom stereocenters. The van der Waals surface area contributed by atoms with Gasteiger partial charge in [0.2, 0.25) is 0 Å². The van der Waals surface area contributed by atoms with Gasteiger partial charge in [0, 0.05) is 43.2 Å². The molecule has 24 heavy (non-hydrogen) atoms. The van der Waals surface area contributed by atoms with E-state index in [-0.39, 0.29) is 5.91 Å². The summed E-state index contributed by atoms with van der Waals surface area (Å²) >= 11 is 1.55. The molecular formula is C19H23N3OS. The van der Waals surface area contributed by atoms with Crippen molar-refractivity contribution in [1.82, 2.24) is 14.8 Å². The van der Waals surface area contributed by atoms with Crippen LogP contribution in [0.1, 0.15) is 36.2 Å². The minimum Gasteiger partial charge on any atom is -0.335 e. The number of rotatable bonds is 3. The number of piperazine rings is 1. The van der Waals surface area contributed by atoms with E-state index in [0.29, 0.717) is 5.69 Å². The van der Waals surface area contributed by atoms with Gasteiger partial charge < -0.3 is 4.90 Å². The van der Waals surface area contributed by atoms with Crippen molar-refractivity contribution in [2.45, 2.75) is 31.7 Å². The number of hydrogen-bond donors (Lipinski definition) is 0. The van der Waals surface area contributed by atoms with E-state index in [1.54, 1.807) is 11.3 Å². The summed E-state index contributed by atoms with van der Waals surface area (Å²) in [5, 5.41) is 2.82. The normalized spacial score (nSPS) is 19.8. The SMILES string of the molecule is O=C(c1csc(-c2ccccc2)n1)N1CCN(C2CCCC2)CC1. The third-order valence-electron chi connectivity index (χ3n) is 5.19. The number of thiazole rings is 1. The van der Waals surface area contributed by atoms with Gasteiger partial charge in [0.15, 0.2) is 0 Å². The summed E-state index contributed by atoms with van der Waals surface area (Å²) in [6.07, 6.45) is 5.40. The van der Waals surface area contributed by atoms with Gasteiger partial charge in [-0.2, -0.15) is 0 Å². The summed E-state index contributed by atoms with van der Waals surface area (Å²) in [5.41, 5.74) is 1.67. The lowest BCUT2D eigenvalue weighted by molar-refractivity contribution is 0.0569. The van der Waals surface area contributed by atoms with E-state index < -0.39 is 0 Å². The van der Waals surface area contributed by atoms with E-state index in [1.807, 2.05) is 40.6 Å². The molecule has 1 aromatic heterocycles. The van der Waals surface area contributed by atoms with E-state index in [4.69, 9.17) is 0 Å². The largest absolute Gasteiger partial charge is 0.335 e. The highest BCUT2D eigenvalue weighted by Crippen LogP contribution is 2.26. The Balaban J connectivity index is 1.39. The molecule has 4 rings (SSSR count). The Morgan fingerprint density at radius 3 is 2.46 bits per heavy atom. The van der Waals surface area contributed by atoms with Gasteiger partial charge in [-0.1, -0.05) is 43.2 Å². The minimum absolute atomic E-state index is 0.0829. The van der Waals surface area contributed by atoms with E-state index in [1.165, 1.54) is 25.7 Å². The number of nitrogens with zero attached hydrogens (tertiary/aromatic N) is 3. The van der Waals surface area contributed by atoms with Gasteiger partial charge in [-0.3, -0.25) is 9.69 Å². The van der Waals surface area contributed by atoms with Crippen LogP contribution in [0, 0.1) is 0 Å². The molecule has 1 amide bonds. The van der Waals surface area contributed by atoms with Crippen LogP contribution in [0.25, 0.3) is 10.6 Å². The topological polar surface area (TPSA) is 36.4 Å². The highest BCUT2D eigenvalue weighted by molar-refractivity contribution is 7.13. The second-order valence-electron chi connectivity index (χ2n) is 6.67. The van der Waals surface area contributed by atoms with Gasteiger partial charge in [-0.15, -0.1) is 11.3 Å². The molecule has 1 aliphatic carbocycles. The van der Waals surface area contributed by atoms with Crippen LogP contribution in [0.2, 0.25) is 0 Å².